The number of methoxy groups -OCH3 is 1. The Morgan fingerprint density at radius 1 is 1.09 bits per heavy atom. The topological polar surface area (TPSA) is 79.7 Å². The van der Waals surface area contributed by atoms with E-state index in [9.17, 15) is 14.7 Å². The van der Waals surface area contributed by atoms with Crippen LogP contribution in [0, 0.1) is 17.4 Å². The third kappa shape index (κ3) is 4.10. The number of aliphatic hydroxyl groups excluding tert-OH is 1. The number of ketones is 1. The first-order valence-corrected chi connectivity index (χ1v) is 12.8. The molecule has 2 heterocycles. The van der Waals surface area contributed by atoms with Crippen LogP contribution in [-0.2, 0) is 9.59 Å². The minimum Gasteiger partial charge on any atom is -0.507 e. The maximum Gasteiger partial charge on any atom is 0.301 e. The predicted octanol–water partition coefficient (Wildman–Crippen LogP) is 6.15. The summed E-state index contributed by atoms with van der Waals surface area (Å²) in [7, 11) is 1.53. The number of anilines is 1. The average Bonchev–Trinajstić information content (AvgIpc) is 3.38. The van der Waals surface area contributed by atoms with Gasteiger partial charge in [-0.05, 0) is 83.5 Å². The summed E-state index contributed by atoms with van der Waals surface area (Å²) < 4.78 is 7.23. The van der Waals surface area contributed by atoms with Gasteiger partial charge in [-0.25, -0.2) is 4.98 Å². The first-order valence-electron chi connectivity index (χ1n) is 10.9. The van der Waals surface area contributed by atoms with E-state index in [4.69, 9.17) is 9.72 Å². The van der Waals surface area contributed by atoms with Gasteiger partial charge in [-0.2, -0.15) is 0 Å². The van der Waals surface area contributed by atoms with Gasteiger partial charge in [0.25, 0.3) is 5.78 Å². The lowest BCUT2D eigenvalue weighted by Crippen LogP contribution is -2.29. The monoisotopic (exact) mass is 596 g/mol. The van der Waals surface area contributed by atoms with Gasteiger partial charge in [0.1, 0.15) is 11.5 Å². The van der Waals surface area contributed by atoms with Crippen molar-refractivity contribution in [1.29, 1.82) is 0 Å². The fraction of sp³-hybridized carbons (Fsp3) is 0.148. The number of fused-ring (bicyclic) bond motifs is 1. The molecule has 0 aliphatic carbocycles. The lowest BCUT2D eigenvalue weighted by atomic mass is 9.95. The standard InChI is InChI=1S/C27H21IN2O4S/c1-14-11-15(2)22-20(12-14)35-27(29-22)30-23(16-7-9-18(28)10-8-16)21(25(32)26(30)33)24(31)17-5-4-6-19(13-17)34-3/h4-13,23,31H,1-3H3. The van der Waals surface area contributed by atoms with Crippen LogP contribution in [0.2, 0.25) is 0 Å². The summed E-state index contributed by atoms with van der Waals surface area (Å²) in [4.78, 5) is 33.0. The Morgan fingerprint density at radius 2 is 1.83 bits per heavy atom. The number of aryl methyl sites for hydroxylation is 2. The van der Waals surface area contributed by atoms with E-state index in [1.54, 1.807) is 24.3 Å². The molecule has 1 amide bonds. The molecule has 3 aromatic carbocycles. The summed E-state index contributed by atoms with van der Waals surface area (Å²) in [5.41, 5.74) is 4.03. The van der Waals surface area contributed by atoms with Gasteiger partial charge in [-0.1, -0.05) is 41.7 Å². The highest BCUT2D eigenvalue weighted by atomic mass is 127. The normalized spacial score (nSPS) is 17.4. The van der Waals surface area contributed by atoms with Crippen molar-refractivity contribution in [3.63, 3.8) is 0 Å². The van der Waals surface area contributed by atoms with E-state index in [0.717, 1.165) is 24.9 Å². The van der Waals surface area contributed by atoms with Crippen molar-refractivity contribution >= 4 is 66.7 Å². The molecule has 1 aromatic heterocycles. The van der Waals surface area contributed by atoms with Gasteiger partial charge >= 0.3 is 5.91 Å². The number of ether oxygens (including phenoxy) is 1. The lowest BCUT2D eigenvalue weighted by Gasteiger charge is -2.23. The van der Waals surface area contributed by atoms with Gasteiger partial charge < -0.3 is 9.84 Å². The number of rotatable bonds is 4. The van der Waals surface area contributed by atoms with Crippen LogP contribution in [-0.4, -0.2) is 28.9 Å². The van der Waals surface area contributed by atoms with E-state index in [1.165, 1.54) is 23.3 Å². The molecule has 1 fully saturated rings. The molecule has 1 saturated heterocycles. The van der Waals surface area contributed by atoms with E-state index in [-0.39, 0.29) is 11.3 Å². The number of hydrogen-bond donors (Lipinski definition) is 1. The van der Waals surface area contributed by atoms with Gasteiger partial charge in [0.2, 0.25) is 0 Å². The maximum atomic E-state index is 13.4. The number of thiazole rings is 1. The van der Waals surface area contributed by atoms with E-state index in [1.807, 2.05) is 50.2 Å². The van der Waals surface area contributed by atoms with E-state index >= 15 is 0 Å². The number of aliphatic hydroxyl groups is 1. The number of hydrogen-bond acceptors (Lipinski definition) is 6. The number of halogens is 1. The fourth-order valence-corrected chi connectivity index (χ4v) is 5.91. The number of benzene rings is 3. The van der Waals surface area contributed by atoms with Gasteiger partial charge in [0.15, 0.2) is 5.13 Å². The van der Waals surface area contributed by atoms with Crippen LogP contribution in [0.4, 0.5) is 5.13 Å². The Kier molecular flexibility index (Phi) is 6.10. The zero-order valence-electron chi connectivity index (χ0n) is 19.2. The SMILES string of the molecule is COc1cccc(C(O)=C2C(=O)C(=O)N(c3nc4c(C)cc(C)cc4s3)C2c2ccc(I)cc2)c1. The van der Waals surface area contributed by atoms with Crippen LogP contribution in [0.1, 0.15) is 28.3 Å². The molecule has 4 aromatic rings. The average molecular weight is 596 g/mol. The molecular weight excluding hydrogens is 575 g/mol. The minimum absolute atomic E-state index is 0.0246. The molecular formula is C27H21IN2O4S. The van der Waals surface area contributed by atoms with Crippen LogP contribution in [0.5, 0.6) is 5.75 Å². The largest absolute Gasteiger partial charge is 0.507 e. The summed E-state index contributed by atoms with van der Waals surface area (Å²) in [6.45, 7) is 3.99. The van der Waals surface area contributed by atoms with Crippen LogP contribution < -0.4 is 9.64 Å². The van der Waals surface area contributed by atoms with Crippen molar-refractivity contribution in [3.8, 4) is 5.75 Å². The fourth-order valence-electron chi connectivity index (χ4n) is 4.38. The van der Waals surface area contributed by atoms with Crippen LogP contribution in [0.15, 0.2) is 66.2 Å². The minimum atomic E-state index is -0.819. The number of carbonyl (C=O) groups excluding carboxylic acids is 2. The molecule has 1 N–H and O–H groups in total. The van der Waals surface area contributed by atoms with Crippen molar-refractivity contribution in [1.82, 2.24) is 4.98 Å². The molecule has 8 heteroatoms. The van der Waals surface area contributed by atoms with E-state index in [0.29, 0.717) is 22.0 Å². The number of nitrogens with zero attached hydrogens (tertiary/aromatic N) is 2. The molecule has 0 radical (unpaired) electrons. The lowest BCUT2D eigenvalue weighted by molar-refractivity contribution is -0.132. The Labute approximate surface area is 220 Å². The van der Waals surface area contributed by atoms with Crippen molar-refractivity contribution in [3.05, 3.63) is 92.1 Å². The van der Waals surface area contributed by atoms with Gasteiger partial charge in [-0.3, -0.25) is 14.5 Å². The zero-order valence-corrected chi connectivity index (χ0v) is 22.2. The summed E-state index contributed by atoms with van der Waals surface area (Å²) in [5.74, 6) is -1.18. The van der Waals surface area contributed by atoms with Crippen molar-refractivity contribution in [2.75, 3.05) is 12.0 Å². The zero-order chi connectivity index (χ0) is 24.9. The molecule has 6 nitrogen and oxygen atoms in total. The molecule has 5 rings (SSSR count). The maximum absolute atomic E-state index is 13.4. The summed E-state index contributed by atoms with van der Waals surface area (Å²) in [6.07, 6.45) is 0. The molecule has 35 heavy (non-hydrogen) atoms. The molecule has 0 spiro atoms. The highest BCUT2D eigenvalue weighted by Crippen LogP contribution is 2.45. The second kappa shape index (κ2) is 9.09. The molecule has 176 valence electrons. The number of carbonyl (C=O) groups is 2. The summed E-state index contributed by atoms with van der Waals surface area (Å²) in [6, 6.07) is 17.6. The highest BCUT2D eigenvalue weighted by Gasteiger charge is 2.48. The smallest absolute Gasteiger partial charge is 0.301 e. The molecule has 0 saturated carbocycles. The molecule has 0 bridgehead atoms. The van der Waals surface area contributed by atoms with Gasteiger partial charge in [0.05, 0.1) is 28.9 Å². The first-order chi connectivity index (χ1) is 16.8. The predicted molar refractivity (Wildman–Crippen MR) is 146 cm³/mol. The first kappa shape index (κ1) is 23.5. The van der Waals surface area contributed by atoms with Gasteiger partial charge in [-0.15, -0.1) is 0 Å². The summed E-state index contributed by atoms with van der Waals surface area (Å²) >= 11 is 3.57. The second-order valence-corrected chi connectivity index (χ2v) is 10.6. The number of Topliss-reactive ketones (excluding diaryl/α,β-unsaturated/α-hetero) is 1. The molecule has 1 aliphatic heterocycles. The molecule has 1 unspecified atom stereocenters. The Balaban J connectivity index is 1.74. The Morgan fingerprint density at radius 3 is 2.54 bits per heavy atom. The number of aromatic nitrogens is 1. The van der Waals surface area contributed by atoms with Crippen LogP contribution in [0.3, 0.4) is 0 Å². The Hall–Kier alpha value is -3.24. The van der Waals surface area contributed by atoms with Crippen LogP contribution >= 0.6 is 33.9 Å². The quantitative estimate of drug-likeness (QED) is 0.132. The third-order valence-electron chi connectivity index (χ3n) is 6.00. The van der Waals surface area contributed by atoms with Gasteiger partial charge in [0, 0.05) is 9.13 Å². The highest BCUT2D eigenvalue weighted by molar-refractivity contribution is 14.1. The van der Waals surface area contributed by atoms with E-state index < -0.39 is 17.7 Å². The van der Waals surface area contributed by atoms with Crippen molar-refractivity contribution in [2.24, 2.45) is 0 Å². The molecule has 1 aliphatic rings. The van der Waals surface area contributed by atoms with Crippen molar-refractivity contribution < 1.29 is 19.4 Å². The van der Waals surface area contributed by atoms with E-state index in [2.05, 4.69) is 22.6 Å². The summed E-state index contributed by atoms with van der Waals surface area (Å²) in [5, 5.41) is 11.7. The third-order valence-corrected chi connectivity index (χ3v) is 7.72. The second-order valence-electron chi connectivity index (χ2n) is 8.38. The number of amides is 1. The molecule has 1 atom stereocenters. The van der Waals surface area contributed by atoms with Crippen LogP contribution in [0.25, 0.3) is 16.0 Å². The Bertz CT molecular complexity index is 1520. The van der Waals surface area contributed by atoms with Crippen molar-refractivity contribution in [2.45, 2.75) is 19.9 Å².